The predicted octanol–water partition coefficient (Wildman–Crippen LogP) is 0.853. The van der Waals surface area contributed by atoms with E-state index in [9.17, 15) is 19.5 Å². The molecule has 0 aliphatic carbocycles. The summed E-state index contributed by atoms with van der Waals surface area (Å²) in [5.74, 6) is 0.102. The molecule has 2 atom stereocenters. The number of hydrogen-bond acceptors (Lipinski definition) is 5. The van der Waals surface area contributed by atoms with E-state index in [-0.39, 0.29) is 42.4 Å². The van der Waals surface area contributed by atoms with Gasteiger partial charge in [0.05, 0.1) is 18.3 Å². The Morgan fingerprint density at radius 3 is 2.89 bits per heavy atom. The van der Waals surface area contributed by atoms with E-state index in [0.717, 1.165) is 12.8 Å². The molecule has 3 aliphatic heterocycles. The zero-order valence-corrected chi connectivity index (χ0v) is 15.9. The summed E-state index contributed by atoms with van der Waals surface area (Å²) in [5.41, 5.74) is 0.665. The largest absolute Gasteiger partial charge is 0.482 e. The van der Waals surface area contributed by atoms with E-state index in [0.29, 0.717) is 43.1 Å². The average molecular weight is 387 g/mol. The third-order valence-electron chi connectivity index (χ3n) is 6.31. The molecule has 8 nitrogen and oxygen atoms in total. The Hall–Kier alpha value is -2.61. The predicted molar refractivity (Wildman–Crippen MR) is 101 cm³/mol. The number of rotatable bonds is 2. The SMILES string of the molecule is CC(=O)N1CC[C@]2(CO)CCCN(C(=O)c3ccc4c(c3)OCC(=O)N4)[C@H]2C1. The van der Waals surface area contributed by atoms with Gasteiger partial charge in [0.1, 0.15) is 5.75 Å². The van der Waals surface area contributed by atoms with Gasteiger partial charge in [-0.05, 0) is 37.5 Å². The lowest BCUT2D eigenvalue weighted by Gasteiger charge is -2.54. The van der Waals surface area contributed by atoms with E-state index in [2.05, 4.69) is 5.32 Å². The quantitative estimate of drug-likeness (QED) is 0.784. The molecule has 4 rings (SSSR count). The van der Waals surface area contributed by atoms with Gasteiger partial charge >= 0.3 is 0 Å². The number of benzene rings is 1. The van der Waals surface area contributed by atoms with Crippen LogP contribution in [0.1, 0.15) is 36.5 Å². The zero-order chi connectivity index (χ0) is 19.9. The number of nitrogens with one attached hydrogen (secondary N) is 1. The third-order valence-corrected chi connectivity index (χ3v) is 6.31. The number of ether oxygens (including phenoxy) is 1. The van der Waals surface area contributed by atoms with Crippen molar-refractivity contribution < 1.29 is 24.2 Å². The molecule has 1 aromatic carbocycles. The Labute approximate surface area is 163 Å². The van der Waals surface area contributed by atoms with E-state index < -0.39 is 0 Å². The minimum atomic E-state index is -0.363. The first-order chi connectivity index (χ1) is 13.4. The van der Waals surface area contributed by atoms with Crippen molar-refractivity contribution in [3.8, 4) is 5.75 Å². The monoisotopic (exact) mass is 387 g/mol. The van der Waals surface area contributed by atoms with E-state index >= 15 is 0 Å². The molecule has 0 aromatic heterocycles. The number of fused-ring (bicyclic) bond motifs is 2. The van der Waals surface area contributed by atoms with Crippen molar-refractivity contribution in [1.29, 1.82) is 0 Å². The summed E-state index contributed by atoms with van der Waals surface area (Å²) in [5, 5.41) is 12.9. The minimum Gasteiger partial charge on any atom is -0.482 e. The van der Waals surface area contributed by atoms with Gasteiger partial charge in [0.2, 0.25) is 5.91 Å². The molecule has 0 bridgehead atoms. The molecule has 3 heterocycles. The van der Waals surface area contributed by atoms with Crippen LogP contribution in [0.15, 0.2) is 18.2 Å². The van der Waals surface area contributed by atoms with Crippen LogP contribution in [0.2, 0.25) is 0 Å². The van der Waals surface area contributed by atoms with Crippen molar-refractivity contribution in [3.63, 3.8) is 0 Å². The molecule has 28 heavy (non-hydrogen) atoms. The number of aliphatic hydroxyl groups excluding tert-OH is 1. The van der Waals surface area contributed by atoms with E-state index in [1.807, 2.05) is 0 Å². The Morgan fingerprint density at radius 2 is 2.14 bits per heavy atom. The van der Waals surface area contributed by atoms with Gasteiger partial charge in [-0.25, -0.2) is 0 Å². The standard InChI is InChI=1S/C20H25N3O5/c1-13(25)22-8-6-20(12-24)5-2-7-23(17(20)10-22)19(27)14-3-4-15-16(9-14)28-11-18(26)21-15/h3-4,9,17,24H,2,5-8,10-12H2,1H3,(H,21,26)/t17-,20-/m0/s1. The van der Waals surface area contributed by atoms with Crippen LogP contribution in [0.25, 0.3) is 0 Å². The molecule has 2 N–H and O–H groups in total. The minimum absolute atomic E-state index is 0.00647. The number of hydrogen-bond donors (Lipinski definition) is 2. The first kappa shape index (κ1) is 18.7. The highest BCUT2D eigenvalue weighted by molar-refractivity contribution is 5.99. The highest BCUT2D eigenvalue weighted by Crippen LogP contribution is 2.43. The van der Waals surface area contributed by atoms with E-state index in [1.54, 1.807) is 28.0 Å². The first-order valence-corrected chi connectivity index (χ1v) is 9.67. The van der Waals surface area contributed by atoms with Crippen LogP contribution in [0.4, 0.5) is 5.69 Å². The topological polar surface area (TPSA) is 99.2 Å². The normalized spacial score (nSPS) is 26.6. The number of piperidine rings is 2. The summed E-state index contributed by atoms with van der Waals surface area (Å²) in [6.07, 6.45) is 2.36. The maximum absolute atomic E-state index is 13.3. The van der Waals surface area contributed by atoms with Crippen molar-refractivity contribution in [2.24, 2.45) is 5.41 Å². The Balaban J connectivity index is 1.62. The molecule has 2 fully saturated rings. The first-order valence-electron chi connectivity index (χ1n) is 9.67. The third kappa shape index (κ3) is 3.11. The molecule has 3 aliphatic rings. The summed E-state index contributed by atoms with van der Waals surface area (Å²) >= 11 is 0. The molecular weight excluding hydrogens is 362 g/mol. The molecule has 1 aromatic rings. The van der Waals surface area contributed by atoms with Gasteiger partial charge in [-0.1, -0.05) is 0 Å². The smallest absolute Gasteiger partial charge is 0.262 e. The number of amides is 3. The van der Waals surface area contributed by atoms with E-state index in [4.69, 9.17) is 4.74 Å². The Bertz CT molecular complexity index is 826. The highest BCUT2D eigenvalue weighted by Gasteiger charge is 2.49. The molecule has 2 saturated heterocycles. The molecule has 150 valence electrons. The van der Waals surface area contributed by atoms with Gasteiger partial charge in [-0.2, -0.15) is 0 Å². The lowest BCUT2D eigenvalue weighted by Crippen LogP contribution is -2.64. The van der Waals surface area contributed by atoms with Crippen molar-refractivity contribution >= 4 is 23.4 Å². The van der Waals surface area contributed by atoms with Crippen molar-refractivity contribution in [2.75, 3.05) is 38.2 Å². The fourth-order valence-electron chi connectivity index (χ4n) is 4.66. The molecular formula is C20H25N3O5. The Kier molecular flexibility index (Phi) is 4.74. The summed E-state index contributed by atoms with van der Waals surface area (Å²) in [6, 6.07) is 4.79. The van der Waals surface area contributed by atoms with Gasteiger partial charge < -0.3 is 25.0 Å². The average Bonchev–Trinajstić information content (AvgIpc) is 2.71. The summed E-state index contributed by atoms with van der Waals surface area (Å²) in [6.45, 7) is 3.12. The number of carbonyl (C=O) groups is 3. The Morgan fingerprint density at radius 1 is 1.32 bits per heavy atom. The van der Waals surface area contributed by atoms with Gasteiger partial charge in [0.25, 0.3) is 11.8 Å². The molecule has 3 amide bonds. The second-order valence-corrected chi connectivity index (χ2v) is 7.90. The van der Waals surface area contributed by atoms with Crippen LogP contribution in [-0.2, 0) is 9.59 Å². The summed E-state index contributed by atoms with van der Waals surface area (Å²) in [7, 11) is 0. The van der Waals surface area contributed by atoms with Crippen molar-refractivity contribution in [3.05, 3.63) is 23.8 Å². The summed E-state index contributed by atoms with van der Waals surface area (Å²) in [4.78, 5) is 40.2. The molecule has 0 saturated carbocycles. The van der Waals surface area contributed by atoms with Crippen molar-refractivity contribution in [2.45, 2.75) is 32.2 Å². The molecule has 0 spiro atoms. The van der Waals surface area contributed by atoms with Crippen LogP contribution in [0.3, 0.4) is 0 Å². The molecule has 0 unspecified atom stereocenters. The van der Waals surface area contributed by atoms with Gasteiger partial charge in [-0.15, -0.1) is 0 Å². The second-order valence-electron chi connectivity index (χ2n) is 7.90. The van der Waals surface area contributed by atoms with Crippen LogP contribution in [0, 0.1) is 5.41 Å². The fourth-order valence-corrected chi connectivity index (χ4v) is 4.66. The molecule has 0 radical (unpaired) electrons. The maximum Gasteiger partial charge on any atom is 0.262 e. The van der Waals surface area contributed by atoms with Gasteiger partial charge in [0, 0.05) is 37.5 Å². The van der Waals surface area contributed by atoms with Crippen LogP contribution in [-0.4, -0.2) is 71.5 Å². The number of anilines is 1. The summed E-state index contributed by atoms with van der Waals surface area (Å²) < 4.78 is 5.43. The van der Waals surface area contributed by atoms with Crippen LogP contribution in [0.5, 0.6) is 5.75 Å². The second kappa shape index (κ2) is 7.09. The lowest BCUT2D eigenvalue weighted by molar-refractivity contribution is -0.136. The van der Waals surface area contributed by atoms with Crippen LogP contribution < -0.4 is 10.1 Å². The maximum atomic E-state index is 13.3. The van der Waals surface area contributed by atoms with E-state index in [1.165, 1.54) is 6.92 Å². The van der Waals surface area contributed by atoms with Crippen LogP contribution >= 0.6 is 0 Å². The number of likely N-dealkylation sites (tertiary alicyclic amines) is 2. The van der Waals surface area contributed by atoms with Gasteiger partial charge in [-0.3, -0.25) is 14.4 Å². The lowest BCUT2D eigenvalue weighted by atomic mass is 9.68. The zero-order valence-electron chi connectivity index (χ0n) is 15.9. The van der Waals surface area contributed by atoms with Gasteiger partial charge in [0.15, 0.2) is 6.61 Å². The highest BCUT2D eigenvalue weighted by atomic mass is 16.5. The fraction of sp³-hybridized carbons (Fsp3) is 0.550. The number of nitrogens with zero attached hydrogens (tertiary/aromatic N) is 2. The number of aliphatic hydroxyl groups is 1. The molecule has 8 heteroatoms. The van der Waals surface area contributed by atoms with Crippen molar-refractivity contribution in [1.82, 2.24) is 9.80 Å². The number of carbonyl (C=O) groups excluding carboxylic acids is 3.